The maximum absolute atomic E-state index is 9.39. The Morgan fingerprint density at radius 2 is 1.90 bits per heavy atom. The second-order valence-electron chi connectivity index (χ2n) is 5.64. The van der Waals surface area contributed by atoms with Crippen LogP contribution in [0, 0.1) is 11.3 Å². The quantitative estimate of drug-likeness (QED) is 0.826. The molecule has 0 radical (unpaired) electrons. The van der Waals surface area contributed by atoms with Crippen LogP contribution in [-0.2, 0) is 5.41 Å². The minimum Gasteiger partial charge on any atom is -0.364 e. The molecule has 0 bridgehead atoms. The Hall–Kier alpha value is -1.50. The summed E-state index contributed by atoms with van der Waals surface area (Å²) >= 11 is 7.79. The number of para-hydroxylation sites is 1. The molecule has 2 rings (SSSR count). The maximum Gasteiger partial charge on any atom is 0.149 e. The fraction of sp³-hybridized carbons (Fsp3) is 0.312. The molecule has 1 unspecified atom stereocenters. The van der Waals surface area contributed by atoms with Crippen molar-refractivity contribution in [2.45, 2.75) is 32.2 Å². The monoisotopic (exact) mass is 304 g/mol. The molecule has 0 fully saturated rings. The molecule has 0 saturated carbocycles. The lowest BCUT2D eigenvalue weighted by Crippen LogP contribution is -2.08. The highest BCUT2D eigenvalue weighted by molar-refractivity contribution is 7.12. The highest BCUT2D eigenvalue weighted by atomic mass is 35.5. The van der Waals surface area contributed by atoms with E-state index in [1.54, 1.807) is 11.3 Å². The summed E-state index contributed by atoms with van der Waals surface area (Å²) < 4.78 is 0. The van der Waals surface area contributed by atoms with E-state index in [9.17, 15) is 5.26 Å². The lowest BCUT2D eigenvalue weighted by molar-refractivity contribution is 0.604. The van der Waals surface area contributed by atoms with Crippen molar-refractivity contribution in [2.75, 3.05) is 5.32 Å². The normalized spacial score (nSPS) is 12.8. The van der Waals surface area contributed by atoms with Crippen molar-refractivity contribution in [1.29, 1.82) is 5.26 Å². The van der Waals surface area contributed by atoms with Gasteiger partial charge in [0.05, 0.1) is 16.8 Å². The van der Waals surface area contributed by atoms with E-state index in [0.717, 1.165) is 10.6 Å². The number of hydrogen-bond acceptors (Lipinski definition) is 3. The molecule has 0 aliphatic carbocycles. The fourth-order valence-electron chi connectivity index (χ4n) is 1.81. The molecule has 0 amide bonds. The largest absolute Gasteiger partial charge is 0.364 e. The minimum absolute atomic E-state index is 0.104. The van der Waals surface area contributed by atoms with Crippen LogP contribution in [0.1, 0.15) is 36.6 Å². The van der Waals surface area contributed by atoms with Gasteiger partial charge in [-0.05, 0) is 29.7 Å². The fourth-order valence-corrected chi connectivity index (χ4v) is 3.06. The molecule has 20 heavy (non-hydrogen) atoms. The first-order valence-electron chi connectivity index (χ1n) is 6.42. The van der Waals surface area contributed by atoms with Crippen molar-refractivity contribution >= 4 is 28.6 Å². The summed E-state index contributed by atoms with van der Waals surface area (Å²) in [5.41, 5.74) is 0.888. The molecule has 2 aromatic rings. The Morgan fingerprint density at radius 1 is 1.20 bits per heavy atom. The van der Waals surface area contributed by atoms with Gasteiger partial charge in [-0.15, -0.1) is 11.3 Å². The summed E-state index contributed by atoms with van der Waals surface area (Å²) in [5.74, 6) is 0. The third-order valence-electron chi connectivity index (χ3n) is 2.95. The van der Waals surface area contributed by atoms with E-state index in [-0.39, 0.29) is 11.5 Å². The van der Waals surface area contributed by atoms with Gasteiger partial charge < -0.3 is 5.32 Å². The molecule has 2 nitrogen and oxygen atoms in total. The van der Waals surface area contributed by atoms with E-state index in [1.807, 2.05) is 30.3 Å². The molecule has 104 valence electrons. The van der Waals surface area contributed by atoms with Gasteiger partial charge in [0, 0.05) is 9.75 Å². The first kappa shape index (κ1) is 14.9. The van der Waals surface area contributed by atoms with E-state index in [0.29, 0.717) is 5.02 Å². The average molecular weight is 305 g/mol. The van der Waals surface area contributed by atoms with Crippen LogP contribution in [0.4, 0.5) is 5.69 Å². The first-order chi connectivity index (χ1) is 9.41. The van der Waals surface area contributed by atoms with Crippen LogP contribution >= 0.6 is 22.9 Å². The van der Waals surface area contributed by atoms with Crippen LogP contribution in [0.3, 0.4) is 0 Å². The van der Waals surface area contributed by atoms with Gasteiger partial charge in [0.1, 0.15) is 6.04 Å². The second-order valence-corrected chi connectivity index (χ2v) is 7.16. The number of nitrogens with zero attached hydrogens (tertiary/aromatic N) is 1. The predicted octanol–water partition coefficient (Wildman–Crippen LogP) is 5.38. The van der Waals surface area contributed by atoms with Gasteiger partial charge in [-0.2, -0.15) is 5.26 Å². The Morgan fingerprint density at radius 3 is 2.45 bits per heavy atom. The zero-order valence-electron chi connectivity index (χ0n) is 11.8. The summed E-state index contributed by atoms with van der Waals surface area (Å²) in [7, 11) is 0. The average Bonchev–Trinajstić information content (AvgIpc) is 2.87. The Bertz CT molecular complexity index is 634. The van der Waals surface area contributed by atoms with Crippen LogP contribution in [-0.4, -0.2) is 0 Å². The van der Waals surface area contributed by atoms with E-state index in [4.69, 9.17) is 11.6 Å². The van der Waals surface area contributed by atoms with Crippen LogP contribution in [0.15, 0.2) is 36.4 Å². The number of thiophene rings is 1. The SMILES string of the molecule is CC(C)(C)c1ccc(C(C#N)Nc2ccccc2Cl)s1. The number of rotatable bonds is 3. The number of benzene rings is 1. The minimum atomic E-state index is -0.379. The summed E-state index contributed by atoms with van der Waals surface area (Å²) in [6, 6.07) is 13.5. The van der Waals surface area contributed by atoms with Gasteiger partial charge in [0.15, 0.2) is 0 Å². The van der Waals surface area contributed by atoms with Gasteiger partial charge >= 0.3 is 0 Å². The molecule has 1 N–H and O–H groups in total. The third kappa shape index (κ3) is 3.33. The lowest BCUT2D eigenvalue weighted by atomic mass is 9.95. The molecule has 0 saturated heterocycles. The Kier molecular flexibility index (Phi) is 4.37. The molecule has 0 aliphatic rings. The van der Waals surface area contributed by atoms with Gasteiger partial charge in [-0.3, -0.25) is 0 Å². The highest BCUT2D eigenvalue weighted by Crippen LogP contribution is 2.34. The molecule has 1 atom stereocenters. The Balaban J connectivity index is 2.24. The predicted molar refractivity (Wildman–Crippen MR) is 86.4 cm³/mol. The molecule has 4 heteroatoms. The van der Waals surface area contributed by atoms with E-state index >= 15 is 0 Å². The molecular weight excluding hydrogens is 288 g/mol. The van der Waals surface area contributed by atoms with Crippen LogP contribution in [0.5, 0.6) is 0 Å². The van der Waals surface area contributed by atoms with Crippen molar-refractivity contribution < 1.29 is 0 Å². The summed E-state index contributed by atoms with van der Waals surface area (Å²) in [6.45, 7) is 6.52. The molecule has 1 aromatic heterocycles. The highest BCUT2D eigenvalue weighted by Gasteiger charge is 2.20. The van der Waals surface area contributed by atoms with Crippen molar-refractivity contribution in [3.8, 4) is 6.07 Å². The van der Waals surface area contributed by atoms with Crippen molar-refractivity contribution in [3.63, 3.8) is 0 Å². The van der Waals surface area contributed by atoms with Crippen LogP contribution < -0.4 is 5.32 Å². The standard InChI is InChI=1S/C16H17ClN2S/c1-16(2,3)15-9-8-14(20-15)13(10-18)19-12-7-5-4-6-11(12)17/h4-9,13,19H,1-3H3. The van der Waals surface area contributed by atoms with Gasteiger partial charge in [-0.1, -0.05) is 44.5 Å². The molecule has 0 aliphatic heterocycles. The zero-order chi connectivity index (χ0) is 14.8. The van der Waals surface area contributed by atoms with E-state index in [2.05, 4.69) is 38.2 Å². The summed E-state index contributed by atoms with van der Waals surface area (Å²) in [6.07, 6.45) is 0. The van der Waals surface area contributed by atoms with Crippen molar-refractivity contribution in [3.05, 3.63) is 51.2 Å². The summed E-state index contributed by atoms with van der Waals surface area (Å²) in [5, 5.41) is 13.2. The third-order valence-corrected chi connectivity index (χ3v) is 4.86. The second kappa shape index (κ2) is 5.87. The van der Waals surface area contributed by atoms with Gasteiger partial charge in [0.2, 0.25) is 0 Å². The lowest BCUT2D eigenvalue weighted by Gasteiger charge is -2.16. The number of hydrogen-bond donors (Lipinski definition) is 1. The molecule has 1 heterocycles. The number of nitrogens with one attached hydrogen (secondary N) is 1. The van der Waals surface area contributed by atoms with Crippen LogP contribution in [0.2, 0.25) is 5.02 Å². The van der Waals surface area contributed by atoms with E-state index in [1.165, 1.54) is 4.88 Å². The first-order valence-corrected chi connectivity index (χ1v) is 7.62. The zero-order valence-corrected chi connectivity index (χ0v) is 13.3. The Labute approximate surface area is 129 Å². The topological polar surface area (TPSA) is 35.8 Å². The molecule has 1 aromatic carbocycles. The van der Waals surface area contributed by atoms with Gasteiger partial charge in [0.25, 0.3) is 0 Å². The smallest absolute Gasteiger partial charge is 0.149 e. The van der Waals surface area contributed by atoms with Gasteiger partial charge in [-0.25, -0.2) is 0 Å². The molecule has 0 spiro atoms. The van der Waals surface area contributed by atoms with Crippen molar-refractivity contribution in [1.82, 2.24) is 0 Å². The molecular formula is C16H17ClN2S. The summed E-state index contributed by atoms with van der Waals surface area (Å²) in [4.78, 5) is 2.28. The van der Waals surface area contributed by atoms with Crippen LogP contribution in [0.25, 0.3) is 0 Å². The number of anilines is 1. The number of nitriles is 1. The maximum atomic E-state index is 9.39. The number of halogens is 1. The van der Waals surface area contributed by atoms with E-state index < -0.39 is 0 Å². The van der Waals surface area contributed by atoms with Crippen molar-refractivity contribution in [2.24, 2.45) is 0 Å².